The number of nitrogens with one attached hydrogen (secondary N) is 2. The highest BCUT2D eigenvalue weighted by molar-refractivity contribution is 6.00. The highest BCUT2D eigenvalue weighted by Crippen LogP contribution is 2.24. The summed E-state index contributed by atoms with van der Waals surface area (Å²) in [6.07, 6.45) is 0.749. The van der Waals surface area contributed by atoms with Crippen LogP contribution < -0.4 is 10.6 Å². The van der Waals surface area contributed by atoms with Gasteiger partial charge in [-0.1, -0.05) is 32.0 Å². The summed E-state index contributed by atoms with van der Waals surface area (Å²) in [7, 11) is 0. The molecule has 23 heavy (non-hydrogen) atoms. The summed E-state index contributed by atoms with van der Waals surface area (Å²) >= 11 is 0. The van der Waals surface area contributed by atoms with E-state index in [1.807, 2.05) is 18.2 Å². The van der Waals surface area contributed by atoms with Crippen LogP contribution in [0.5, 0.6) is 0 Å². The summed E-state index contributed by atoms with van der Waals surface area (Å²) in [5.41, 5.74) is 0.688. The Kier molecular flexibility index (Phi) is 4.10. The number of para-hydroxylation sites is 1. The molecule has 0 fully saturated rings. The molecular formula is C16H19N5O2. The number of rotatable bonds is 4. The summed E-state index contributed by atoms with van der Waals surface area (Å²) in [4.78, 5) is 28.7. The van der Waals surface area contributed by atoms with Gasteiger partial charge in [0.1, 0.15) is 6.04 Å². The molecule has 1 aromatic carbocycles. The average molecular weight is 313 g/mol. The van der Waals surface area contributed by atoms with Gasteiger partial charge in [-0.15, -0.1) is 0 Å². The SMILES string of the molecule is CC(C)Cc1nc2n(n1)C(C(=O)Nc1ccccc1)CC(=O)N2. The Morgan fingerprint density at radius 1 is 1.39 bits per heavy atom. The van der Waals surface area contributed by atoms with Crippen molar-refractivity contribution in [3.63, 3.8) is 0 Å². The zero-order valence-corrected chi connectivity index (χ0v) is 13.1. The molecule has 1 unspecified atom stereocenters. The monoisotopic (exact) mass is 313 g/mol. The maximum atomic E-state index is 12.5. The van der Waals surface area contributed by atoms with E-state index in [0.717, 1.165) is 0 Å². The summed E-state index contributed by atoms with van der Waals surface area (Å²) in [5, 5.41) is 9.89. The number of carbonyl (C=O) groups is 2. The van der Waals surface area contributed by atoms with E-state index in [4.69, 9.17) is 0 Å². The van der Waals surface area contributed by atoms with Gasteiger partial charge in [0, 0.05) is 12.1 Å². The average Bonchev–Trinajstić information content (AvgIpc) is 2.88. The second-order valence-corrected chi connectivity index (χ2v) is 6.02. The molecule has 0 saturated heterocycles. The second kappa shape index (κ2) is 6.20. The molecule has 3 rings (SSSR count). The number of nitrogens with zero attached hydrogens (tertiary/aromatic N) is 3. The molecule has 2 amide bonds. The number of fused-ring (bicyclic) bond motifs is 1. The second-order valence-electron chi connectivity index (χ2n) is 6.02. The summed E-state index contributed by atoms with van der Waals surface area (Å²) < 4.78 is 1.51. The maximum Gasteiger partial charge on any atom is 0.249 e. The molecule has 1 aromatic heterocycles. The zero-order valence-electron chi connectivity index (χ0n) is 13.1. The normalized spacial score (nSPS) is 16.8. The number of anilines is 2. The lowest BCUT2D eigenvalue weighted by molar-refractivity contribution is -0.125. The first-order valence-corrected chi connectivity index (χ1v) is 7.64. The number of hydrogen-bond acceptors (Lipinski definition) is 4. The van der Waals surface area contributed by atoms with Gasteiger partial charge in [0.25, 0.3) is 0 Å². The molecule has 1 aliphatic rings. The molecule has 7 heteroatoms. The van der Waals surface area contributed by atoms with Gasteiger partial charge in [-0.25, -0.2) is 4.68 Å². The van der Waals surface area contributed by atoms with Crippen LogP contribution in [0, 0.1) is 5.92 Å². The number of carbonyl (C=O) groups excluding carboxylic acids is 2. The van der Waals surface area contributed by atoms with Crippen molar-refractivity contribution >= 4 is 23.5 Å². The highest BCUT2D eigenvalue weighted by Gasteiger charge is 2.33. The summed E-state index contributed by atoms with van der Waals surface area (Å²) in [6, 6.07) is 8.46. The molecule has 2 N–H and O–H groups in total. The van der Waals surface area contributed by atoms with Crippen molar-refractivity contribution in [1.29, 1.82) is 0 Å². The largest absolute Gasteiger partial charge is 0.324 e. The quantitative estimate of drug-likeness (QED) is 0.903. The molecule has 0 bridgehead atoms. The van der Waals surface area contributed by atoms with E-state index in [2.05, 4.69) is 34.6 Å². The van der Waals surface area contributed by atoms with Gasteiger partial charge in [-0.2, -0.15) is 10.1 Å². The summed E-state index contributed by atoms with van der Waals surface area (Å²) in [5.74, 6) is 0.870. The minimum Gasteiger partial charge on any atom is -0.324 e. The van der Waals surface area contributed by atoms with Crippen molar-refractivity contribution in [3.05, 3.63) is 36.2 Å². The molecule has 0 aliphatic carbocycles. The Bertz CT molecular complexity index is 723. The predicted molar refractivity (Wildman–Crippen MR) is 85.9 cm³/mol. The molecule has 120 valence electrons. The molecule has 2 heterocycles. The fourth-order valence-electron chi connectivity index (χ4n) is 2.51. The first-order chi connectivity index (χ1) is 11.0. The number of benzene rings is 1. The lowest BCUT2D eigenvalue weighted by atomic mass is 10.1. The van der Waals surface area contributed by atoms with Crippen molar-refractivity contribution in [2.24, 2.45) is 5.92 Å². The number of amides is 2. The molecule has 2 aromatic rings. The van der Waals surface area contributed by atoms with Crippen LogP contribution in [0.2, 0.25) is 0 Å². The third-order valence-corrected chi connectivity index (χ3v) is 3.54. The van der Waals surface area contributed by atoms with Crippen molar-refractivity contribution < 1.29 is 9.59 Å². The van der Waals surface area contributed by atoms with E-state index in [0.29, 0.717) is 29.8 Å². The van der Waals surface area contributed by atoms with Crippen molar-refractivity contribution in [3.8, 4) is 0 Å². The van der Waals surface area contributed by atoms with Crippen LogP contribution in [0.4, 0.5) is 11.6 Å². The fraction of sp³-hybridized carbons (Fsp3) is 0.375. The molecule has 0 radical (unpaired) electrons. The van der Waals surface area contributed by atoms with Gasteiger partial charge in [0.2, 0.25) is 17.8 Å². The third-order valence-electron chi connectivity index (χ3n) is 3.54. The van der Waals surface area contributed by atoms with Gasteiger partial charge in [0.15, 0.2) is 5.82 Å². The zero-order chi connectivity index (χ0) is 16.4. The van der Waals surface area contributed by atoms with Crippen molar-refractivity contribution in [2.45, 2.75) is 32.7 Å². The van der Waals surface area contributed by atoms with Crippen molar-refractivity contribution in [1.82, 2.24) is 14.8 Å². The fourth-order valence-corrected chi connectivity index (χ4v) is 2.51. The van der Waals surface area contributed by atoms with Crippen molar-refractivity contribution in [2.75, 3.05) is 10.6 Å². The first-order valence-electron chi connectivity index (χ1n) is 7.64. The van der Waals surface area contributed by atoms with Crippen LogP contribution in [0.25, 0.3) is 0 Å². The molecule has 7 nitrogen and oxygen atoms in total. The van der Waals surface area contributed by atoms with E-state index in [-0.39, 0.29) is 18.2 Å². The standard InChI is InChI=1S/C16H19N5O2/c1-10(2)8-13-18-16-19-14(22)9-12(21(16)20-13)15(23)17-11-6-4-3-5-7-11/h3-7,10,12H,8-9H2,1-2H3,(H,17,23)(H,18,19,20,22). The van der Waals surface area contributed by atoms with Gasteiger partial charge >= 0.3 is 0 Å². The van der Waals surface area contributed by atoms with Crippen LogP contribution >= 0.6 is 0 Å². The topological polar surface area (TPSA) is 88.9 Å². The lowest BCUT2D eigenvalue weighted by Crippen LogP contribution is -2.36. The van der Waals surface area contributed by atoms with Gasteiger partial charge < -0.3 is 5.32 Å². The molecule has 0 saturated carbocycles. The maximum absolute atomic E-state index is 12.5. The Morgan fingerprint density at radius 2 is 2.13 bits per heavy atom. The lowest BCUT2D eigenvalue weighted by Gasteiger charge is -2.22. The van der Waals surface area contributed by atoms with E-state index in [9.17, 15) is 9.59 Å². The van der Waals surface area contributed by atoms with Crippen LogP contribution in [0.3, 0.4) is 0 Å². The van der Waals surface area contributed by atoms with Gasteiger partial charge in [-0.3, -0.25) is 14.9 Å². The van der Waals surface area contributed by atoms with Crippen LogP contribution in [-0.4, -0.2) is 26.6 Å². The molecule has 0 spiro atoms. The van der Waals surface area contributed by atoms with Crippen LogP contribution in [0.15, 0.2) is 30.3 Å². The van der Waals surface area contributed by atoms with Crippen LogP contribution in [-0.2, 0) is 16.0 Å². The van der Waals surface area contributed by atoms with Gasteiger partial charge in [0.05, 0.1) is 6.42 Å². The Balaban J connectivity index is 1.84. The first kappa shape index (κ1) is 15.2. The van der Waals surface area contributed by atoms with Gasteiger partial charge in [-0.05, 0) is 18.1 Å². The van der Waals surface area contributed by atoms with E-state index in [1.54, 1.807) is 12.1 Å². The molecule has 1 atom stereocenters. The Morgan fingerprint density at radius 3 is 2.83 bits per heavy atom. The van der Waals surface area contributed by atoms with E-state index >= 15 is 0 Å². The highest BCUT2D eigenvalue weighted by atomic mass is 16.2. The van der Waals surface area contributed by atoms with Crippen LogP contribution in [0.1, 0.15) is 32.1 Å². The Labute approximate surface area is 134 Å². The summed E-state index contributed by atoms with van der Waals surface area (Å²) in [6.45, 7) is 4.14. The smallest absolute Gasteiger partial charge is 0.249 e. The minimum atomic E-state index is -0.688. The van der Waals surface area contributed by atoms with E-state index < -0.39 is 6.04 Å². The molecular weight excluding hydrogens is 294 g/mol. The number of aromatic nitrogens is 3. The third kappa shape index (κ3) is 3.39. The number of hydrogen-bond donors (Lipinski definition) is 2. The minimum absolute atomic E-state index is 0.0517. The van der Waals surface area contributed by atoms with E-state index in [1.165, 1.54) is 4.68 Å². The Hall–Kier alpha value is -2.70. The molecule has 1 aliphatic heterocycles. The predicted octanol–water partition coefficient (Wildman–Crippen LogP) is 2.00.